The molecule has 3 N–H and O–H groups in total. The minimum Gasteiger partial charge on any atom is -0.468 e. The summed E-state index contributed by atoms with van der Waals surface area (Å²) in [5, 5.41) is 6.70. The molecule has 1 heterocycles. The van der Waals surface area contributed by atoms with E-state index in [9.17, 15) is 19.2 Å². The quantitative estimate of drug-likeness (QED) is 0.400. The average Bonchev–Trinajstić information content (AvgIpc) is 2.68. The van der Waals surface area contributed by atoms with E-state index in [0.29, 0.717) is 19.4 Å². The first-order valence-electron chi connectivity index (χ1n) is 9.57. The van der Waals surface area contributed by atoms with Gasteiger partial charge in [-0.05, 0) is 32.6 Å². The predicted octanol–water partition coefficient (Wildman–Crippen LogP) is 0.267. The number of carbonyl (C=O) groups excluding carboxylic acids is 4. The van der Waals surface area contributed by atoms with Gasteiger partial charge < -0.3 is 15.4 Å². The third-order valence-electron chi connectivity index (χ3n) is 4.47. The number of rotatable bonds is 8. The highest BCUT2D eigenvalue weighted by Gasteiger charge is 2.32. The lowest BCUT2D eigenvalue weighted by atomic mass is 10.0. The summed E-state index contributed by atoms with van der Waals surface area (Å²) in [7, 11) is 1.30. The number of carbonyl (C=O) groups is 4. The van der Waals surface area contributed by atoms with E-state index in [4.69, 9.17) is 4.74 Å². The van der Waals surface area contributed by atoms with E-state index >= 15 is 0 Å². The Balaban J connectivity index is 2.68. The molecule has 1 aliphatic rings. The molecular weight excluding hydrogens is 364 g/mol. The molecule has 0 aliphatic carbocycles. The Hall–Kier alpha value is -2.42. The van der Waals surface area contributed by atoms with Crippen molar-refractivity contribution >= 4 is 23.7 Å². The first-order chi connectivity index (χ1) is 13.2. The zero-order chi connectivity index (χ0) is 21.3. The third kappa shape index (κ3) is 6.95. The second-order valence-electron chi connectivity index (χ2n) is 7.13. The van der Waals surface area contributed by atoms with Crippen molar-refractivity contribution in [2.24, 2.45) is 5.92 Å². The first-order valence-corrected chi connectivity index (χ1v) is 9.57. The number of allylic oxidation sites excluding steroid dienone is 1. The van der Waals surface area contributed by atoms with Crippen molar-refractivity contribution in [2.45, 2.75) is 65.1 Å². The van der Waals surface area contributed by atoms with E-state index < -0.39 is 30.0 Å². The Morgan fingerprint density at radius 3 is 2.46 bits per heavy atom. The van der Waals surface area contributed by atoms with Gasteiger partial charge in [-0.1, -0.05) is 26.0 Å². The third-order valence-corrected chi connectivity index (χ3v) is 4.47. The van der Waals surface area contributed by atoms with Crippen LogP contribution in [0.5, 0.6) is 0 Å². The number of esters is 1. The maximum atomic E-state index is 12.6. The fourth-order valence-corrected chi connectivity index (χ4v) is 2.85. The number of hydrazine groups is 1. The van der Waals surface area contributed by atoms with E-state index in [2.05, 4.69) is 16.1 Å². The van der Waals surface area contributed by atoms with E-state index in [1.54, 1.807) is 19.1 Å². The Morgan fingerprint density at radius 1 is 1.21 bits per heavy atom. The van der Waals surface area contributed by atoms with Gasteiger partial charge in [-0.15, -0.1) is 0 Å². The molecule has 1 aliphatic heterocycles. The van der Waals surface area contributed by atoms with Crippen molar-refractivity contribution in [1.29, 1.82) is 0 Å². The fourth-order valence-electron chi connectivity index (χ4n) is 2.85. The minimum atomic E-state index is -0.815. The summed E-state index contributed by atoms with van der Waals surface area (Å²) in [5.41, 5.74) is 2.85. The lowest BCUT2D eigenvalue weighted by Crippen LogP contribution is -2.60. The van der Waals surface area contributed by atoms with Gasteiger partial charge in [-0.2, -0.15) is 0 Å². The molecule has 1 rings (SSSR count). The number of methoxy groups -OCH3 is 1. The zero-order valence-electron chi connectivity index (χ0n) is 17.3. The van der Waals surface area contributed by atoms with Crippen molar-refractivity contribution < 1.29 is 23.9 Å². The Kier molecular flexibility index (Phi) is 9.64. The van der Waals surface area contributed by atoms with Crippen molar-refractivity contribution in [2.75, 3.05) is 13.7 Å². The van der Waals surface area contributed by atoms with E-state index in [1.165, 1.54) is 12.1 Å². The molecule has 0 bridgehead atoms. The predicted molar refractivity (Wildman–Crippen MR) is 104 cm³/mol. The minimum absolute atomic E-state index is 0.145. The van der Waals surface area contributed by atoms with E-state index in [1.807, 2.05) is 20.8 Å². The van der Waals surface area contributed by atoms with Crippen LogP contribution in [-0.2, 0) is 23.9 Å². The van der Waals surface area contributed by atoms with Gasteiger partial charge in [0.2, 0.25) is 11.8 Å². The van der Waals surface area contributed by atoms with Crippen molar-refractivity contribution in [3.8, 4) is 0 Å². The first kappa shape index (κ1) is 23.6. The SMILES string of the molecule is C/C=C/CC(=O)N[C@H](C(=O)N[C@@H](C)C(=O)N1CCC[C@@H](C(=O)OC)N1)C(C)C. The highest BCUT2D eigenvalue weighted by atomic mass is 16.5. The normalized spacial score (nSPS) is 19.2. The molecule has 0 aromatic rings. The van der Waals surface area contributed by atoms with Crippen LogP contribution in [0, 0.1) is 5.92 Å². The molecule has 0 aromatic heterocycles. The Bertz CT molecular complexity index is 605. The van der Waals surface area contributed by atoms with E-state index in [-0.39, 0.29) is 24.2 Å². The summed E-state index contributed by atoms with van der Waals surface area (Å²) in [6.07, 6.45) is 4.88. The van der Waals surface area contributed by atoms with Gasteiger partial charge in [0.25, 0.3) is 5.91 Å². The molecule has 9 heteroatoms. The van der Waals surface area contributed by atoms with Crippen LogP contribution in [0.25, 0.3) is 0 Å². The molecule has 0 radical (unpaired) electrons. The molecule has 0 spiro atoms. The average molecular weight is 396 g/mol. The van der Waals surface area contributed by atoms with Crippen LogP contribution in [-0.4, -0.2) is 60.5 Å². The van der Waals surface area contributed by atoms with Crippen molar-refractivity contribution in [3.05, 3.63) is 12.2 Å². The van der Waals surface area contributed by atoms with Gasteiger partial charge in [-0.25, -0.2) is 5.43 Å². The van der Waals surface area contributed by atoms with Crippen LogP contribution in [0.2, 0.25) is 0 Å². The van der Waals surface area contributed by atoms with Gasteiger partial charge in [0, 0.05) is 13.0 Å². The van der Waals surface area contributed by atoms with Gasteiger partial charge in [0.15, 0.2) is 0 Å². The number of amides is 3. The summed E-state index contributed by atoms with van der Waals surface area (Å²) in [6, 6.07) is -2.14. The van der Waals surface area contributed by atoms with E-state index in [0.717, 1.165) is 0 Å². The summed E-state index contributed by atoms with van der Waals surface area (Å²) in [5.74, 6) is -1.62. The number of hydrogen-bond acceptors (Lipinski definition) is 6. The van der Waals surface area contributed by atoms with Gasteiger partial charge in [-0.3, -0.25) is 24.2 Å². The fraction of sp³-hybridized carbons (Fsp3) is 0.684. The molecule has 158 valence electrons. The van der Waals surface area contributed by atoms with Crippen LogP contribution < -0.4 is 16.1 Å². The summed E-state index contributed by atoms with van der Waals surface area (Å²) >= 11 is 0. The van der Waals surface area contributed by atoms with Gasteiger partial charge in [0.05, 0.1) is 7.11 Å². The highest BCUT2D eigenvalue weighted by Crippen LogP contribution is 2.10. The van der Waals surface area contributed by atoms with Crippen LogP contribution >= 0.6 is 0 Å². The molecule has 0 unspecified atom stereocenters. The van der Waals surface area contributed by atoms with Gasteiger partial charge in [0.1, 0.15) is 18.1 Å². The smallest absolute Gasteiger partial charge is 0.324 e. The van der Waals surface area contributed by atoms with Crippen LogP contribution in [0.1, 0.15) is 47.0 Å². The second kappa shape index (κ2) is 11.4. The molecule has 3 amide bonds. The summed E-state index contributed by atoms with van der Waals surface area (Å²) in [4.78, 5) is 48.9. The molecule has 0 aromatic carbocycles. The molecule has 28 heavy (non-hydrogen) atoms. The lowest BCUT2D eigenvalue weighted by molar-refractivity contribution is -0.150. The zero-order valence-corrected chi connectivity index (χ0v) is 17.3. The topological polar surface area (TPSA) is 117 Å². The molecule has 0 saturated carbocycles. The molecule has 1 fully saturated rings. The number of nitrogens with zero attached hydrogens (tertiary/aromatic N) is 1. The second-order valence-corrected chi connectivity index (χ2v) is 7.13. The summed E-state index contributed by atoms with van der Waals surface area (Å²) < 4.78 is 4.71. The largest absolute Gasteiger partial charge is 0.468 e. The Morgan fingerprint density at radius 2 is 1.89 bits per heavy atom. The van der Waals surface area contributed by atoms with Gasteiger partial charge >= 0.3 is 5.97 Å². The summed E-state index contributed by atoms with van der Waals surface area (Å²) in [6.45, 7) is 7.45. The maximum absolute atomic E-state index is 12.6. The van der Waals surface area contributed by atoms with Crippen LogP contribution in [0.15, 0.2) is 12.2 Å². The Labute approximate surface area is 166 Å². The molecule has 3 atom stereocenters. The highest BCUT2D eigenvalue weighted by molar-refractivity contribution is 5.92. The maximum Gasteiger partial charge on any atom is 0.324 e. The monoisotopic (exact) mass is 396 g/mol. The molecule has 9 nitrogen and oxygen atoms in total. The van der Waals surface area contributed by atoms with Crippen molar-refractivity contribution in [1.82, 2.24) is 21.1 Å². The van der Waals surface area contributed by atoms with Crippen LogP contribution in [0.4, 0.5) is 0 Å². The number of nitrogens with one attached hydrogen (secondary N) is 3. The van der Waals surface area contributed by atoms with Crippen molar-refractivity contribution in [3.63, 3.8) is 0 Å². The molecule has 1 saturated heterocycles. The number of hydrogen-bond donors (Lipinski definition) is 3. The number of ether oxygens (including phenoxy) is 1. The lowest BCUT2D eigenvalue weighted by Gasteiger charge is -2.34. The standard InChI is InChI=1S/C19H32N4O5/c1-6-7-10-15(24)21-16(12(2)3)17(25)20-13(4)18(26)23-11-8-9-14(22-23)19(27)28-5/h6-7,12-14,16,22H,8-11H2,1-5H3,(H,20,25)(H,21,24)/b7-6+/t13-,14-,16-/m0/s1. The van der Waals surface area contributed by atoms with Crippen LogP contribution in [0.3, 0.4) is 0 Å². The molecular formula is C19H32N4O5.